The summed E-state index contributed by atoms with van der Waals surface area (Å²) in [6, 6.07) is 16.6. The van der Waals surface area contributed by atoms with Crippen molar-refractivity contribution in [2.45, 2.75) is 31.7 Å². The van der Waals surface area contributed by atoms with E-state index in [1.165, 1.54) is 0 Å². The van der Waals surface area contributed by atoms with E-state index in [1.807, 2.05) is 35.2 Å². The molecule has 29 heavy (non-hydrogen) atoms. The Morgan fingerprint density at radius 3 is 2.17 bits per heavy atom. The number of rotatable bonds is 4. The lowest BCUT2D eigenvalue weighted by atomic mass is 10.0. The van der Waals surface area contributed by atoms with Crippen LogP contribution in [0.2, 0.25) is 0 Å². The first-order valence-corrected chi connectivity index (χ1v) is 10.2. The van der Waals surface area contributed by atoms with Crippen LogP contribution in [0.5, 0.6) is 0 Å². The fraction of sp³-hybridized carbons (Fsp3) is 0.348. The van der Waals surface area contributed by atoms with Crippen LogP contribution >= 0.6 is 0 Å². The first-order valence-electron chi connectivity index (χ1n) is 10.2. The van der Waals surface area contributed by atoms with Crippen LogP contribution in [0.4, 0.5) is 5.69 Å². The van der Waals surface area contributed by atoms with Crippen LogP contribution < -0.4 is 10.2 Å². The van der Waals surface area contributed by atoms with E-state index in [1.54, 1.807) is 29.2 Å². The number of carbonyl (C=O) groups is 3. The predicted octanol–water partition coefficient (Wildman–Crippen LogP) is 2.85. The molecular weight excluding hydrogens is 366 g/mol. The Morgan fingerprint density at radius 1 is 0.862 bits per heavy atom. The lowest BCUT2D eigenvalue weighted by molar-refractivity contribution is -0.117. The van der Waals surface area contributed by atoms with Gasteiger partial charge in [0.2, 0.25) is 5.91 Å². The number of piperidine rings is 1. The van der Waals surface area contributed by atoms with E-state index in [0.29, 0.717) is 30.6 Å². The average molecular weight is 391 g/mol. The lowest BCUT2D eigenvalue weighted by Gasteiger charge is -2.32. The molecule has 0 atom stereocenters. The Bertz CT molecular complexity index is 887. The SMILES string of the molecule is O=C(NC1CCN(C(=O)c2ccc(N3CCCC3=O)cc2)CC1)c1ccccc1. The molecule has 0 bridgehead atoms. The Balaban J connectivity index is 1.31. The van der Waals surface area contributed by atoms with E-state index >= 15 is 0 Å². The zero-order valence-corrected chi connectivity index (χ0v) is 16.3. The van der Waals surface area contributed by atoms with Crippen LogP contribution in [0, 0.1) is 0 Å². The molecule has 2 aromatic carbocycles. The second-order valence-corrected chi connectivity index (χ2v) is 7.60. The van der Waals surface area contributed by atoms with Crippen LogP contribution in [0.3, 0.4) is 0 Å². The summed E-state index contributed by atoms with van der Waals surface area (Å²) in [5, 5.41) is 3.06. The first kappa shape index (κ1) is 19.2. The summed E-state index contributed by atoms with van der Waals surface area (Å²) >= 11 is 0. The van der Waals surface area contributed by atoms with Crippen molar-refractivity contribution in [2.75, 3.05) is 24.5 Å². The fourth-order valence-corrected chi connectivity index (χ4v) is 3.97. The maximum Gasteiger partial charge on any atom is 0.253 e. The molecule has 150 valence electrons. The van der Waals surface area contributed by atoms with Crippen LogP contribution in [-0.4, -0.2) is 48.3 Å². The standard InChI is InChI=1S/C23H25N3O3/c27-21-7-4-14-26(21)20-10-8-18(9-11-20)23(29)25-15-12-19(13-16-25)24-22(28)17-5-2-1-3-6-17/h1-3,5-6,8-11,19H,4,7,12-16H2,(H,24,28). The highest BCUT2D eigenvalue weighted by Crippen LogP contribution is 2.22. The summed E-state index contributed by atoms with van der Waals surface area (Å²) < 4.78 is 0. The highest BCUT2D eigenvalue weighted by Gasteiger charge is 2.26. The van der Waals surface area contributed by atoms with Gasteiger partial charge < -0.3 is 15.1 Å². The first-order chi connectivity index (χ1) is 14.1. The molecule has 2 aliphatic heterocycles. The Morgan fingerprint density at radius 2 is 1.55 bits per heavy atom. The zero-order valence-electron chi connectivity index (χ0n) is 16.3. The van der Waals surface area contributed by atoms with Gasteiger partial charge in [-0.2, -0.15) is 0 Å². The van der Waals surface area contributed by atoms with Crippen LogP contribution in [0.15, 0.2) is 54.6 Å². The number of nitrogens with zero attached hydrogens (tertiary/aromatic N) is 2. The van der Waals surface area contributed by atoms with Gasteiger partial charge in [-0.15, -0.1) is 0 Å². The molecular formula is C23H25N3O3. The van der Waals surface area contributed by atoms with E-state index < -0.39 is 0 Å². The number of carbonyl (C=O) groups excluding carboxylic acids is 3. The largest absolute Gasteiger partial charge is 0.349 e. The van der Waals surface area contributed by atoms with E-state index in [9.17, 15) is 14.4 Å². The maximum absolute atomic E-state index is 12.8. The maximum atomic E-state index is 12.8. The Labute approximate surface area is 170 Å². The van der Waals surface area contributed by atoms with Crippen molar-refractivity contribution in [2.24, 2.45) is 0 Å². The zero-order chi connectivity index (χ0) is 20.2. The van der Waals surface area contributed by atoms with Gasteiger partial charge in [-0.25, -0.2) is 0 Å². The minimum atomic E-state index is -0.0672. The number of nitrogens with one attached hydrogen (secondary N) is 1. The summed E-state index contributed by atoms with van der Waals surface area (Å²) in [5.41, 5.74) is 2.14. The molecule has 0 aliphatic carbocycles. The lowest BCUT2D eigenvalue weighted by Crippen LogP contribution is -2.46. The molecule has 1 N–H and O–H groups in total. The van der Waals surface area contributed by atoms with Gasteiger partial charge in [0.25, 0.3) is 11.8 Å². The molecule has 2 aromatic rings. The van der Waals surface area contributed by atoms with Crippen molar-refractivity contribution in [3.05, 3.63) is 65.7 Å². The van der Waals surface area contributed by atoms with E-state index in [2.05, 4.69) is 5.32 Å². The third kappa shape index (κ3) is 4.31. The van der Waals surface area contributed by atoms with Crippen molar-refractivity contribution in [1.29, 1.82) is 0 Å². The minimum absolute atomic E-state index is 0.00265. The monoisotopic (exact) mass is 391 g/mol. The van der Waals surface area contributed by atoms with E-state index in [-0.39, 0.29) is 23.8 Å². The molecule has 0 spiro atoms. The molecule has 6 nitrogen and oxygen atoms in total. The second-order valence-electron chi connectivity index (χ2n) is 7.60. The van der Waals surface area contributed by atoms with Crippen molar-refractivity contribution in [3.8, 4) is 0 Å². The molecule has 0 unspecified atom stereocenters. The average Bonchev–Trinajstić information content (AvgIpc) is 3.20. The molecule has 2 saturated heterocycles. The predicted molar refractivity (Wildman–Crippen MR) is 111 cm³/mol. The van der Waals surface area contributed by atoms with Gasteiger partial charge in [0.1, 0.15) is 0 Å². The van der Waals surface area contributed by atoms with Crippen LogP contribution in [-0.2, 0) is 4.79 Å². The molecule has 2 heterocycles. The van der Waals surface area contributed by atoms with Crippen LogP contribution in [0.1, 0.15) is 46.4 Å². The van der Waals surface area contributed by atoms with Gasteiger partial charge in [0.15, 0.2) is 0 Å². The Hall–Kier alpha value is -3.15. The number of hydrogen-bond acceptors (Lipinski definition) is 3. The van der Waals surface area contributed by atoms with Crippen molar-refractivity contribution >= 4 is 23.4 Å². The quantitative estimate of drug-likeness (QED) is 0.871. The molecule has 6 heteroatoms. The third-order valence-electron chi connectivity index (χ3n) is 5.65. The number of likely N-dealkylation sites (tertiary alicyclic amines) is 1. The second kappa shape index (κ2) is 8.47. The van der Waals surface area contributed by atoms with Gasteiger partial charge >= 0.3 is 0 Å². The number of anilines is 1. The normalized spacial score (nSPS) is 17.4. The van der Waals surface area contributed by atoms with Crippen LogP contribution in [0.25, 0.3) is 0 Å². The fourth-order valence-electron chi connectivity index (χ4n) is 3.97. The van der Waals surface area contributed by atoms with Gasteiger partial charge in [0, 0.05) is 48.9 Å². The van der Waals surface area contributed by atoms with Crippen molar-refractivity contribution in [3.63, 3.8) is 0 Å². The minimum Gasteiger partial charge on any atom is -0.349 e. The highest BCUT2D eigenvalue weighted by atomic mass is 16.2. The number of hydrogen-bond donors (Lipinski definition) is 1. The van der Waals surface area contributed by atoms with Crippen molar-refractivity contribution < 1.29 is 14.4 Å². The molecule has 0 aromatic heterocycles. The topological polar surface area (TPSA) is 69.7 Å². The summed E-state index contributed by atoms with van der Waals surface area (Å²) in [5.74, 6) is 0.0725. The Kier molecular flexibility index (Phi) is 5.60. The van der Waals surface area contributed by atoms with E-state index in [4.69, 9.17) is 0 Å². The number of benzene rings is 2. The van der Waals surface area contributed by atoms with Gasteiger partial charge in [-0.3, -0.25) is 14.4 Å². The smallest absolute Gasteiger partial charge is 0.253 e. The highest BCUT2D eigenvalue weighted by molar-refractivity contribution is 5.97. The molecule has 0 saturated carbocycles. The summed E-state index contributed by atoms with van der Waals surface area (Å²) in [6.07, 6.45) is 2.96. The molecule has 4 rings (SSSR count). The summed E-state index contributed by atoms with van der Waals surface area (Å²) in [7, 11) is 0. The van der Waals surface area contributed by atoms with Gasteiger partial charge in [-0.05, 0) is 55.7 Å². The number of amides is 3. The summed E-state index contributed by atoms with van der Waals surface area (Å²) in [4.78, 5) is 40.6. The third-order valence-corrected chi connectivity index (χ3v) is 5.65. The van der Waals surface area contributed by atoms with Gasteiger partial charge in [-0.1, -0.05) is 18.2 Å². The molecule has 2 fully saturated rings. The summed E-state index contributed by atoms with van der Waals surface area (Å²) in [6.45, 7) is 1.98. The van der Waals surface area contributed by atoms with Gasteiger partial charge in [0.05, 0.1) is 0 Å². The molecule has 2 aliphatic rings. The molecule has 0 radical (unpaired) electrons. The molecule has 3 amide bonds. The van der Waals surface area contributed by atoms with Crippen molar-refractivity contribution in [1.82, 2.24) is 10.2 Å². The van der Waals surface area contributed by atoms with E-state index in [0.717, 1.165) is 31.5 Å².